The van der Waals surface area contributed by atoms with Gasteiger partial charge >= 0.3 is 0 Å². The average molecular weight is 200 g/mol. The van der Waals surface area contributed by atoms with Gasteiger partial charge in [-0.2, -0.15) is 0 Å². The van der Waals surface area contributed by atoms with E-state index in [4.69, 9.17) is 0 Å². The summed E-state index contributed by atoms with van der Waals surface area (Å²) in [6, 6.07) is 0.611. The summed E-state index contributed by atoms with van der Waals surface area (Å²) in [6.45, 7) is 6.84. The van der Waals surface area contributed by atoms with E-state index in [1.165, 1.54) is 19.4 Å². The number of hydrogen-bond acceptors (Lipinski definition) is 3. The Labute approximate surface area is 87.7 Å². The van der Waals surface area contributed by atoms with Crippen LogP contribution in [0.1, 0.15) is 26.7 Å². The van der Waals surface area contributed by atoms with E-state index in [-0.39, 0.29) is 0 Å². The zero-order chi connectivity index (χ0) is 10.8. The monoisotopic (exact) mass is 200 g/mol. The Morgan fingerprint density at radius 1 is 1.50 bits per heavy atom. The predicted molar refractivity (Wildman–Crippen MR) is 59.4 cm³/mol. The fourth-order valence-electron chi connectivity index (χ4n) is 2.24. The first-order chi connectivity index (χ1) is 6.38. The molecule has 3 nitrogen and oxygen atoms in total. The fraction of sp³-hybridized carbons (Fsp3) is 1.00. The van der Waals surface area contributed by atoms with Crippen LogP contribution in [0.3, 0.4) is 0 Å². The number of likely N-dealkylation sites (N-methyl/N-ethyl adjacent to an activating group) is 2. The Morgan fingerprint density at radius 2 is 2.14 bits per heavy atom. The van der Waals surface area contributed by atoms with E-state index in [2.05, 4.69) is 23.9 Å². The summed E-state index contributed by atoms with van der Waals surface area (Å²) >= 11 is 0. The van der Waals surface area contributed by atoms with Crippen LogP contribution in [0.2, 0.25) is 0 Å². The maximum absolute atomic E-state index is 9.73. The minimum atomic E-state index is -0.579. The van der Waals surface area contributed by atoms with Gasteiger partial charge in [0.05, 0.1) is 5.60 Å². The van der Waals surface area contributed by atoms with E-state index in [9.17, 15) is 5.11 Å². The van der Waals surface area contributed by atoms with Crippen molar-refractivity contribution >= 4 is 0 Å². The van der Waals surface area contributed by atoms with E-state index in [1.807, 2.05) is 13.8 Å². The first-order valence-corrected chi connectivity index (χ1v) is 5.49. The molecule has 0 aromatic rings. The van der Waals surface area contributed by atoms with Crippen LogP contribution in [0.25, 0.3) is 0 Å². The smallest absolute Gasteiger partial charge is 0.0718 e. The van der Waals surface area contributed by atoms with Crippen LogP contribution >= 0.6 is 0 Å². The van der Waals surface area contributed by atoms with Gasteiger partial charge < -0.3 is 10.0 Å². The molecule has 0 spiro atoms. The van der Waals surface area contributed by atoms with Gasteiger partial charge in [-0.05, 0) is 47.3 Å². The molecule has 1 rings (SSSR count). The molecule has 1 N–H and O–H groups in total. The van der Waals surface area contributed by atoms with E-state index >= 15 is 0 Å². The van der Waals surface area contributed by atoms with Gasteiger partial charge in [0.25, 0.3) is 0 Å². The van der Waals surface area contributed by atoms with Crippen molar-refractivity contribution in [3.8, 4) is 0 Å². The minimum absolute atomic E-state index is 0.579. The van der Waals surface area contributed by atoms with Gasteiger partial charge in [-0.15, -0.1) is 0 Å². The molecule has 1 fully saturated rings. The highest BCUT2D eigenvalue weighted by atomic mass is 16.3. The third kappa shape index (κ3) is 3.95. The number of rotatable bonds is 3. The average Bonchev–Trinajstić information content (AvgIpc) is 2.01. The third-order valence-electron chi connectivity index (χ3n) is 2.86. The summed E-state index contributed by atoms with van der Waals surface area (Å²) in [5, 5.41) is 9.73. The Kier molecular flexibility index (Phi) is 3.93. The summed E-state index contributed by atoms with van der Waals surface area (Å²) in [4.78, 5) is 4.66. The highest BCUT2D eigenvalue weighted by molar-refractivity contribution is 4.81. The lowest BCUT2D eigenvalue weighted by Gasteiger charge is -2.38. The molecule has 14 heavy (non-hydrogen) atoms. The maximum atomic E-state index is 9.73. The lowest BCUT2D eigenvalue weighted by atomic mass is 10.0. The molecule has 1 unspecified atom stereocenters. The molecular formula is C11H24N2O. The molecule has 1 aliphatic rings. The van der Waals surface area contributed by atoms with Crippen molar-refractivity contribution in [3.63, 3.8) is 0 Å². The molecule has 1 heterocycles. The van der Waals surface area contributed by atoms with Gasteiger partial charge in [0.2, 0.25) is 0 Å². The van der Waals surface area contributed by atoms with Crippen molar-refractivity contribution in [3.05, 3.63) is 0 Å². The number of aliphatic hydroxyl groups is 1. The Balaban J connectivity index is 2.39. The molecular weight excluding hydrogens is 176 g/mol. The molecule has 1 atom stereocenters. The maximum Gasteiger partial charge on any atom is 0.0718 e. The molecule has 3 heteroatoms. The lowest BCUT2D eigenvalue weighted by Crippen LogP contribution is -2.49. The van der Waals surface area contributed by atoms with Crippen molar-refractivity contribution < 1.29 is 5.11 Å². The van der Waals surface area contributed by atoms with Gasteiger partial charge in [-0.1, -0.05) is 0 Å². The Morgan fingerprint density at radius 3 is 2.64 bits per heavy atom. The second kappa shape index (κ2) is 4.60. The summed E-state index contributed by atoms with van der Waals surface area (Å²) in [5.74, 6) is 0. The van der Waals surface area contributed by atoms with Crippen LogP contribution in [0.4, 0.5) is 0 Å². The normalized spacial score (nSPS) is 25.7. The summed E-state index contributed by atoms with van der Waals surface area (Å²) in [5.41, 5.74) is -0.579. The van der Waals surface area contributed by atoms with Gasteiger partial charge in [-0.25, -0.2) is 0 Å². The van der Waals surface area contributed by atoms with Crippen LogP contribution in [0.15, 0.2) is 0 Å². The molecule has 0 amide bonds. The topological polar surface area (TPSA) is 26.7 Å². The Bertz CT molecular complexity index is 177. The SMILES string of the molecule is CN1CCCC(N(C)CC(C)(C)O)C1. The van der Waals surface area contributed by atoms with Crippen LogP contribution in [0, 0.1) is 0 Å². The molecule has 0 aliphatic carbocycles. The van der Waals surface area contributed by atoms with Crippen molar-refractivity contribution in [1.29, 1.82) is 0 Å². The van der Waals surface area contributed by atoms with Crippen molar-refractivity contribution in [1.82, 2.24) is 9.80 Å². The highest BCUT2D eigenvalue weighted by Crippen LogP contribution is 2.15. The molecule has 1 aliphatic heterocycles. The largest absolute Gasteiger partial charge is 0.389 e. The quantitative estimate of drug-likeness (QED) is 0.729. The Hall–Kier alpha value is -0.120. The van der Waals surface area contributed by atoms with Crippen LogP contribution < -0.4 is 0 Å². The molecule has 0 saturated carbocycles. The summed E-state index contributed by atoms with van der Waals surface area (Å²) in [7, 11) is 4.28. The third-order valence-corrected chi connectivity index (χ3v) is 2.86. The zero-order valence-corrected chi connectivity index (χ0v) is 9.95. The van der Waals surface area contributed by atoms with Gasteiger partial charge in [0.1, 0.15) is 0 Å². The standard InChI is InChI=1S/C11H24N2O/c1-11(2,14)9-13(4)10-6-5-7-12(3)8-10/h10,14H,5-9H2,1-4H3. The first-order valence-electron chi connectivity index (χ1n) is 5.49. The number of hydrogen-bond donors (Lipinski definition) is 1. The van der Waals surface area contributed by atoms with Gasteiger partial charge in [-0.3, -0.25) is 4.90 Å². The highest BCUT2D eigenvalue weighted by Gasteiger charge is 2.24. The summed E-state index contributed by atoms with van der Waals surface area (Å²) < 4.78 is 0. The molecule has 0 aromatic heterocycles. The second-order valence-electron chi connectivity index (χ2n) is 5.29. The van der Waals surface area contributed by atoms with Crippen molar-refractivity contribution in [2.24, 2.45) is 0 Å². The first kappa shape index (κ1) is 12.0. The van der Waals surface area contributed by atoms with E-state index in [0.29, 0.717) is 6.04 Å². The molecule has 0 aromatic carbocycles. The molecule has 1 saturated heterocycles. The number of piperidine rings is 1. The van der Waals surface area contributed by atoms with Crippen molar-refractivity contribution in [2.75, 3.05) is 33.7 Å². The second-order valence-corrected chi connectivity index (χ2v) is 5.29. The van der Waals surface area contributed by atoms with E-state index in [1.54, 1.807) is 0 Å². The van der Waals surface area contributed by atoms with Crippen LogP contribution in [-0.4, -0.2) is 60.3 Å². The molecule has 84 valence electrons. The lowest BCUT2D eigenvalue weighted by molar-refractivity contribution is 0.0186. The summed E-state index contributed by atoms with van der Waals surface area (Å²) in [6.07, 6.45) is 2.54. The van der Waals surface area contributed by atoms with Crippen LogP contribution in [-0.2, 0) is 0 Å². The minimum Gasteiger partial charge on any atom is -0.389 e. The van der Waals surface area contributed by atoms with E-state index < -0.39 is 5.60 Å². The zero-order valence-electron chi connectivity index (χ0n) is 9.95. The van der Waals surface area contributed by atoms with Gasteiger partial charge in [0, 0.05) is 19.1 Å². The van der Waals surface area contributed by atoms with Gasteiger partial charge in [0.15, 0.2) is 0 Å². The molecule has 0 radical (unpaired) electrons. The number of likely N-dealkylation sites (tertiary alicyclic amines) is 1. The van der Waals surface area contributed by atoms with E-state index in [0.717, 1.165) is 13.1 Å². The predicted octanol–water partition coefficient (Wildman–Crippen LogP) is 0.783. The van der Waals surface area contributed by atoms with Crippen LogP contribution in [0.5, 0.6) is 0 Å². The molecule has 0 bridgehead atoms. The fourth-order valence-corrected chi connectivity index (χ4v) is 2.24. The van der Waals surface area contributed by atoms with Crippen molar-refractivity contribution in [2.45, 2.75) is 38.3 Å². The number of nitrogens with zero attached hydrogens (tertiary/aromatic N) is 2.